The Labute approximate surface area is 115 Å². The average molecular weight is 270 g/mol. The minimum absolute atomic E-state index is 0.148. The number of fused-ring (bicyclic) bond motifs is 1. The number of nitrogens with one attached hydrogen (secondary N) is 1. The smallest absolute Gasteiger partial charge is 0.0703 e. The van der Waals surface area contributed by atoms with Gasteiger partial charge >= 0.3 is 0 Å². The Morgan fingerprint density at radius 3 is 3.05 bits per heavy atom. The fraction of sp³-hybridized carbons (Fsp3) is 0.214. The van der Waals surface area contributed by atoms with Crippen LogP contribution in [0.4, 0.5) is 0 Å². The van der Waals surface area contributed by atoms with Gasteiger partial charge in [0.2, 0.25) is 0 Å². The molecular weight excluding hydrogens is 256 g/mol. The molecule has 2 heterocycles. The van der Waals surface area contributed by atoms with Crippen molar-refractivity contribution < 1.29 is 0 Å². The van der Waals surface area contributed by atoms with Crippen LogP contribution in [0.3, 0.4) is 0 Å². The fourth-order valence-corrected chi connectivity index (χ4v) is 2.77. The molecule has 3 rings (SSSR count). The molecule has 4 nitrogen and oxygen atoms in total. The molecule has 0 aliphatic rings. The van der Waals surface area contributed by atoms with Gasteiger partial charge in [0.15, 0.2) is 0 Å². The van der Waals surface area contributed by atoms with Crippen LogP contribution in [0.2, 0.25) is 0 Å². The third kappa shape index (κ3) is 2.47. The first kappa shape index (κ1) is 12.2. The zero-order chi connectivity index (χ0) is 13.1. The van der Waals surface area contributed by atoms with Crippen LogP contribution in [0.15, 0.2) is 42.7 Å². The largest absolute Gasteiger partial charge is 0.306 e. The maximum Gasteiger partial charge on any atom is 0.0703 e. The van der Waals surface area contributed by atoms with Crippen molar-refractivity contribution in [1.82, 2.24) is 19.9 Å². The van der Waals surface area contributed by atoms with Crippen molar-refractivity contribution in [3.8, 4) is 0 Å². The summed E-state index contributed by atoms with van der Waals surface area (Å²) < 4.78 is 3.95. The molecule has 1 aromatic carbocycles. The lowest BCUT2D eigenvalue weighted by Crippen LogP contribution is -2.21. The summed E-state index contributed by atoms with van der Waals surface area (Å²) in [4.78, 5) is 5.48. The van der Waals surface area contributed by atoms with Crippen LogP contribution >= 0.6 is 11.5 Å². The van der Waals surface area contributed by atoms with Gasteiger partial charge in [-0.05, 0) is 41.8 Å². The molecule has 5 heteroatoms. The first-order chi connectivity index (χ1) is 9.38. The number of rotatable bonds is 4. The van der Waals surface area contributed by atoms with Crippen molar-refractivity contribution in [3.05, 3.63) is 53.2 Å². The Morgan fingerprint density at radius 2 is 2.26 bits per heavy atom. The van der Waals surface area contributed by atoms with Gasteiger partial charge in [0.1, 0.15) is 0 Å². The first-order valence-corrected chi connectivity index (χ1v) is 7.01. The lowest BCUT2D eigenvalue weighted by Gasteiger charge is -2.16. The zero-order valence-electron chi connectivity index (χ0n) is 10.6. The van der Waals surface area contributed by atoms with Gasteiger partial charge in [0.25, 0.3) is 0 Å². The summed E-state index contributed by atoms with van der Waals surface area (Å²) in [6, 6.07) is 10.5. The van der Waals surface area contributed by atoms with Crippen LogP contribution in [0.5, 0.6) is 0 Å². The summed E-state index contributed by atoms with van der Waals surface area (Å²) >= 11 is 1.43. The molecule has 0 aliphatic carbocycles. The van der Waals surface area contributed by atoms with Crippen LogP contribution in [-0.2, 0) is 0 Å². The second-order valence-corrected chi connectivity index (χ2v) is 5.08. The van der Waals surface area contributed by atoms with Gasteiger partial charge in [0.05, 0.1) is 22.6 Å². The average Bonchev–Trinajstić information content (AvgIpc) is 2.98. The maximum absolute atomic E-state index is 4.35. The van der Waals surface area contributed by atoms with Gasteiger partial charge in [-0.1, -0.05) is 23.5 Å². The van der Waals surface area contributed by atoms with E-state index in [1.54, 1.807) is 0 Å². The van der Waals surface area contributed by atoms with Crippen LogP contribution < -0.4 is 5.32 Å². The quantitative estimate of drug-likeness (QED) is 0.792. The molecule has 1 unspecified atom stereocenters. The predicted molar refractivity (Wildman–Crippen MR) is 77.2 cm³/mol. The molecule has 0 radical (unpaired) electrons. The van der Waals surface area contributed by atoms with Crippen molar-refractivity contribution >= 4 is 22.4 Å². The predicted octanol–water partition coefficient (Wildman–Crippen LogP) is 2.79. The molecular formula is C14H14N4S. The van der Waals surface area contributed by atoms with E-state index in [1.165, 1.54) is 17.1 Å². The molecule has 1 N–H and O–H groups in total. The molecule has 0 saturated heterocycles. The molecule has 19 heavy (non-hydrogen) atoms. The lowest BCUT2D eigenvalue weighted by atomic mass is 10.0. The standard InChI is InChI=1S/C14H14N4S/c1-2-15-14(13-9-17-18-19-13)11-5-6-12-10(8-11)4-3-7-16-12/h3-9,14-15H,2H2,1H3. The number of nitrogens with zero attached hydrogens (tertiary/aromatic N) is 3. The van der Waals surface area contributed by atoms with E-state index >= 15 is 0 Å². The van der Waals surface area contributed by atoms with Gasteiger partial charge in [-0.25, -0.2) is 0 Å². The first-order valence-electron chi connectivity index (χ1n) is 6.24. The highest BCUT2D eigenvalue weighted by molar-refractivity contribution is 7.05. The summed E-state index contributed by atoms with van der Waals surface area (Å²) in [5, 5.41) is 8.56. The molecule has 0 spiro atoms. The third-order valence-corrected chi connectivity index (χ3v) is 3.76. The second-order valence-electron chi connectivity index (χ2n) is 4.27. The molecule has 0 bridgehead atoms. The molecule has 2 aromatic heterocycles. The van der Waals surface area contributed by atoms with Gasteiger partial charge in [-0.2, -0.15) is 0 Å². The third-order valence-electron chi connectivity index (χ3n) is 3.03. The number of pyridine rings is 1. The Kier molecular flexibility index (Phi) is 3.48. The Bertz CT molecular complexity index is 666. The van der Waals surface area contributed by atoms with Gasteiger partial charge < -0.3 is 5.32 Å². The number of hydrogen-bond acceptors (Lipinski definition) is 5. The molecule has 96 valence electrons. The summed E-state index contributed by atoms with van der Waals surface area (Å²) in [6.07, 6.45) is 3.64. The van der Waals surface area contributed by atoms with Crippen LogP contribution in [-0.4, -0.2) is 21.1 Å². The number of benzene rings is 1. The molecule has 0 aliphatic heterocycles. The van der Waals surface area contributed by atoms with Crippen molar-refractivity contribution in [3.63, 3.8) is 0 Å². The molecule has 0 fully saturated rings. The van der Waals surface area contributed by atoms with Crippen LogP contribution in [0.1, 0.15) is 23.4 Å². The van der Waals surface area contributed by atoms with Gasteiger partial charge in [-0.15, -0.1) is 5.10 Å². The molecule has 3 aromatic rings. The Hall–Kier alpha value is -1.85. The van der Waals surface area contributed by atoms with Crippen molar-refractivity contribution in [1.29, 1.82) is 0 Å². The van der Waals surface area contributed by atoms with Gasteiger partial charge in [-0.3, -0.25) is 4.98 Å². The minimum Gasteiger partial charge on any atom is -0.306 e. The van der Waals surface area contributed by atoms with E-state index in [-0.39, 0.29) is 6.04 Å². The summed E-state index contributed by atoms with van der Waals surface area (Å²) in [6.45, 7) is 3.00. The topological polar surface area (TPSA) is 50.7 Å². The van der Waals surface area contributed by atoms with E-state index in [4.69, 9.17) is 0 Å². The summed E-state index contributed by atoms with van der Waals surface area (Å²) in [7, 11) is 0. The van der Waals surface area contributed by atoms with E-state index < -0.39 is 0 Å². The molecule has 1 atom stereocenters. The normalized spacial score (nSPS) is 12.7. The van der Waals surface area contributed by atoms with E-state index in [2.05, 4.69) is 51.1 Å². The number of hydrogen-bond donors (Lipinski definition) is 1. The second kappa shape index (κ2) is 5.42. The molecule has 0 amide bonds. The monoisotopic (exact) mass is 270 g/mol. The highest BCUT2D eigenvalue weighted by atomic mass is 32.1. The summed E-state index contributed by atoms with van der Waals surface area (Å²) in [5.41, 5.74) is 2.23. The van der Waals surface area contributed by atoms with Crippen LogP contribution in [0, 0.1) is 0 Å². The molecule has 0 saturated carbocycles. The van der Waals surface area contributed by atoms with E-state index in [9.17, 15) is 0 Å². The van der Waals surface area contributed by atoms with E-state index in [0.29, 0.717) is 0 Å². The number of aromatic nitrogens is 3. The van der Waals surface area contributed by atoms with Gasteiger partial charge in [0, 0.05) is 11.6 Å². The Morgan fingerprint density at radius 1 is 1.32 bits per heavy atom. The summed E-state index contributed by atoms with van der Waals surface area (Å²) in [5.74, 6) is 0. The van der Waals surface area contributed by atoms with Crippen LogP contribution in [0.25, 0.3) is 10.9 Å². The highest BCUT2D eigenvalue weighted by Gasteiger charge is 2.15. The lowest BCUT2D eigenvalue weighted by molar-refractivity contribution is 0.639. The maximum atomic E-state index is 4.35. The zero-order valence-corrected chi connectivity index (χ0v) is 11.4. The minimum atomic E-state index is 0.148. The fourth-order valence-electron chi connectivity index (χ4n) is 2.16. The van der Waals surface area contributed by atoms with E-state index in [1.807, 2.05) is 18.5 Å². The van der Waals surface area contributed by atoms with Crippen molar-refractivity contribution in [2.45, 2.75) is 13.0 Å². The van der Waals surface area contributed by atoms with Crippen molar-refractivity contribution in [2.24, 2.45) is 0 Å². The highest BCUT2D eigenvalue weighted by Crippen LogP contribution is 2.26. The Balaban J connectivity index is 2.05. The van der Waals surface area contributed by atoms with Crippen molar-refractivity contribution in [2.75, 3.05) is 6.54 Å². The van der Waals surface area contributed by atoms with E-state index in [0.717, 1.165) is 22.3 Å². The SMILES string of the molecule is CCNC(c1ccc2ncccc2c1)c1cnns1.